The summed E-state index contributed by atoms with van der Waals surface area (Å²) >= 11 is 0. The van der Waals surface area contributed by atoms with Gasteiger partial charge in [-0.2, -0.15) is 0 Å². The molecular formula is C12H17NO4. The zero-order chi connectivity index (χ0) is 12.5. The van der Waals surface area contributed by atoms with Crippen molar-refractivity contribution < 1.29 is 19.1 Å². The standard InChI is InChI=1S/C12H17NO4/c1-8-3-9(17-10(8)11(14)15)4-13-5-12(2)6-16-7-12/h3,13H,4-7H2,1-2H3,(H,14,15). The van der Waals surface area contributed by atoms with E-state index in [9.17, 15) is 4.79 Å². The van der Waals surface area contributed by atoms with Gasteiger partial charge in [0.25, 0.3) is 0 Å². The van der Waals surface area contributed by atoms with Crippen LogP contribution in [0.3, 0.4) is 0 Å². The molecule has 94 valence electrons. The van der Waals surface area contributed by atoms with Crippen LogP contribution < -0.4 is 5.32 Å². The topological polar surface area (TPSA) is 71.7 Å². The van der Waals surface area contributed by atoms with Gasteiger partial charge in [0.1, 0.15) is 5.76 Å². The van der Waals surface area contributed by atoms with Gasteiger partial charge in [0.15, 0.2) is 0 Å². The Labute approximate surface area is 99.8 Å². The van der Waals surface area contributed by atoms with Gasteiger partial charge in [-0.25, -0.2) is 4.79 Å². The van der Waals surface area contributed by atoms with Crippen LogP contribution in [0.2, 0.25) is 0 Å². The lowest BCUT2D eigenvalue weighted by molar-refractivity contribution is -0.0992. The maximum atomic E-state index is 10.8. The molecule has 0 bridgehead atoms. The summed E-state index contributed by atoms with van der Waals surface area (Å²) in [6.07, 6.45) is 0. The number of nitrogens with one attached hydrogen (secondary N) is 1. The largest absolute Gasteiger partial charge is 0.475 e. The molecule has 1 saturated heterocycles. The van der Waals surface area contributed by atoms with Gasteiger partial charge in [0.05, 0.1) is 19.8 Å². The predicted octanol–water partition coefficient (Wildman–Crippen LogP) is 1.41. The number of hydrogen-bond donors (Lipinski definition) is 2. The van der Waals surface area contributed by atoms with E-state index in [2.05, 4.69) is 12.2 Å². The summed E-state index contributed by atoms with van der Waals surface area (Å²) < 4.78 is 10.4. The second-order valence-corrected chi connectivity index (χ2v) is 4.94. The predicted molar refractivity (Wildman–Crippen MR) is 61.0 cm³/mol. The van der Waals surface area contributed by atoms with Crippen molar-refractivity contribution in [3.63, 3.8) is 0 Å². The lowest BCUT2D eigenvalue weighted by Crippen LogP contribution is -2.47. The van der Waals surface area contributed by atoms with Crippen LogP contribution in [-0.2, 0) is 11.3 Å². The molecule has 2 rings (SSSR count). The van der Waals surface area contributed by atoms with Crippen molar-refractivity contribution in [2.45, 2.75) is 20.4 Å². The molecule has 1 fully saturated rings. The molecule has 0 aliphatic carbocycles. The van der Waals surface area contributed by atoms with Crippen molar-refractivity contribution in [3.8, 4) is 0 Å². The maximum absolute atomic E-state index is 10.8. The summed E-state index contributed by atoms with van der Waals surface area (Å²) in [5, 5.41) is 12.1. The molecule has 2 N–H and O–H groups in total. The lowest BCUT2D eigenvalue weighted by atomic mass is 9.89. The van der Waals surface area contributed by atoms with Crippen LogP contribution in [0.4, 0.5) is 0 Å². The molecule has 5 heteroatoms. The SMILES string of the molecule is Cc1cc(CNCC2(C)COC2)oc1C(=O)O. The van der Waals surface area contributed by atoms with E-state index in [1.54, 1.807) is 13.0 Å². The van der Waals surface area contributed by atoms with Crippen LogP contribution in [0.5, 0.6) is 0 Å². The van der Waals surface area contributed by atoms with E-state index in [4.69, 9.17) is 14.3 Å². The fourth-order valence-electron chi connectivity index (χ4n) is 1.89. The number of carbonyl (C=O) groups is 1. The average molecular weight is 239 g/mol. The van der Waals surface area contributed by atoms with E-state index < -0.39 is 5.97 Å². The number of rotatable bonds is 5. The Morgan fingerprint density at radius 1 is 1.59 bits per heavy atom. The number of ether oxygens (including phenoxy) is 1. The van der Waals surface area contributed by atoms with Crippen molar-refractivity contribution in [2.75, 3.05) is 19.8 Å². The zero-order valence-electron chi connectivity index (χ0n) is 10.1. The highest BCUT2D eigenvalue weighted by Gasteiger charge is 2.32. The van der Waals surface area contributed by atoms with Crippen LogP contribution in [0.15, 0.2) is 10.5 Å². The van der Waals surface area contributed by atoms with E-state index in [-0.39, 0.29) is 11.2 Å². The third-order valence-corrected chi connectivity index (χ3v) is 2.92. The second-order valence-electron chi connectivity index (χ2n) is 4.94. The molecule has 5 nitrogen and oxygen atoms in total. The number of furan rings is 1. The van der Waals surface area contributed by atoms with Gasteiger partial charge in [0, 0.05) is 17.5 Å². The summed E-state index contributed by atoms with van der Waals surface area (Å²) in [5.41, 5.74) is 0.865. The molecule has 1 aliphatic rings. The quantitative estimate of drug-likeness (QED) is 0.813. The Morgan fingerprint density at radius 2 is 2.29 bits per heavy atom. The molecule has 0 saturated carbocycles. The maximum Gasteiger partial charge on any atom is 0.372 e. The first-order chi connectivity index (χ1) is 8.00. The number of aryl methyl sites for hydroxylation is 1. The minimum Gasteiger partial charge on any atom is -0.475 e. The smallest absolute Gasteiger partial charge is 0.372 e. The first-order valence-electron chi connectivity index (χ1n) is 5.61. The van der Waals surface area contributed by atoms with Crippen molar-refractivity contribution in [3.05, 3.63) is 23.2 Å². The van der Waals surface area contributed by atoms with E-state index in [0.29, 0.717) is 17.9 Å². The number of hydrogen-bond acceptors (Lipinski definition) is 4. The molecule has 0 amide bonds. The molecule has 1 aromatic heterocycles. The first kappa shape index (κ1) is 12.1. The second kappa shape index (κ2) is 4.50. The Bertz CT molecular complexity index is 420. The van der Waals surface area contributed by atoms with Gasteiger partial charge in [-0.05, 0) is 13.0 Å². The highest BCUT2D eigenvalue weighted by atomic mass is 16.5. The van der Waals surface area contributed by atoms with Crippen LogP contribution in [-0.4, -0.2) is 30.8 Å². The third kappa shape index (κ3) is 2.68. The van der Waals surface area contributed by atoms with E-state index in [1.807, 2.05) is 0 Å². The highest BCUT2D eigenvalue weighted by Crippen LogP contribution is 2.25. The van der Waals surface area contributed by atoms with E-state index in [1.165, 1.54) is 0 Å². The van der Waals surface area contributed by atoms with Gasteiger partial charge < -0.3 is 19.6 Å². The van der Waals surface area contributed by atoms with Crippen molar-refractivity contribution >= 4 is 5.97 Å². The summed E-state index contributed by atoms with van der Waals surface area (Å²) in [4.78, 5) is 10.8. The van der Waals surface area contributed by atoms with E-state index in [0.717, 1.165) is 19.8 Å². The Morgan fingerprint density at radius 3 is 2.76 bits per heavy atom. The first-order valence-corrected chi connectivity index (χ1v) is 5.61. The van der Waals surface area contributed by atoms with Gasteiger partial charge >= 0.3 is 5.97 Å². The number of carboxylic acids is 1. The van der Waals surface area contributed by atoms with Crippen LogP contribution >= 0.6 is 0 Å². The summed E-state index contributed by atoms with van der Waals surface area (Å²) in [6, 6.07) is 1.76. The van der Waals surface area contributed by atoms with E-state index >= 15 is 0 Å². The minimum atomic E-state index is -1.02. The van der Waals surface area contributed by atoms with Gasteiger partial charge in [0.2, 0.25) is 5.76 Å². The summed E-state index contributed by atoms with van der Waals surface area (Å²) in [7, 11) is 0. The van der Waals surface area contributed by atoms with Gasteiger partial charge in [-0.15, -0.1) is 0 Å². The Hall–Kier alpha value is -1.33. The van der Waals surface area contributed by atoms with Crippen molar-refractivity contribution in [2.24, 2.45) is 5.41 Å². The molecular weight excluding hydrogens is 222 g/mol. The highest BCUT2D eigenvalue weighted by molar-refractivity contribution is 5.86. The third-order valence-electron chi connectivity index (χ3n) is 2.92. The molecule has 17 heavy (non-hydrogen) atoms. The van der Waals surface area contributed by atoms with Crippen molar-refractivity contribution in [1.82, 2.24) is 5.32 Å². The summed E-state index contributed by atoms with van der Waals surface area (Å²) in [6.45, 7) is 6.82. The molecule has 0 radical (unpaired) electrons. The van der Waals surface area contributed by atoms with Crippen LogP contribution in [0.25, 0.3) is 0 Å². The average Bonchev–Trinajstić information content (AvgIpc) is 2.57. The summed E-state index contributed by atoms with van der Waals surface area (Å²) in [5.74, 6) is -0.336. The molecule has 1 aromatic rings. The lowest BCUT2D eigenvalue weighted by Gasteiger charge is -2.38. The zero-order valence-corrected chi connectivity index (χ0v) is 10.1. The molecule has 0 aromatic carbocycles. The molecule has 0 spiro atoms. The number of carboxylic acid groups (broad SMARTS) is 1. The number of aromatic carboxylic acids is 1. The fourth-order valence-corrected chi connectivity index (χ4v) is 1.89. The van der Waals surface area contributed by atoms with Crippen LogP contribution in [0.1, 0.15) is 28.8 Å². The molecule has 0 atom stereocenters. The van der Waals surface area contributed by atoms with Gasteiger partial charge in [-0.1, -0.05) is 6.92 Å². The minimum absolute atomic E-state index is 0.0278. The molecule has 1 aliphatic heterocycles. The van der Waals surface area contributed by atoms with Crippen LogP contribution in [0, 0.1) is 12.3 Å². The monoisotopic (exact) mass is 239 g/mol. The molecule has 2 heterocycles. The van der Waals surface area contributed by atoms with Gasteiger partial charge in [-0.3, -0.25) is 0 Å². The molecule has 0 unspecified atom stereocenters. The fraction of sp³-hybridized carbons (Fsp3) is 0.583. The normalized spacial score (nSPS) is 17.8. The Balaban J connectivity index is 1.86. The Kier molecular flexibility index (Phi) is 3.22. The van der Waals surface area contributed by atoms with Crippen molar-refractivity contribution in [1.29, 1.82) is 0 Å².